The lowest BCUT2D eigenvalue weighted by molar-refractivity contribution is 0.267. The maximum Gasteiger partial charge on any atom is 0.231 e. The second-order valence-corrected chi connectivity index (χ2v) is 8.62. The highest BCUT2D eigenvalue weighted by Gasteiger charge is 2.22. The molecule has 1 aliphatic rings. The minimum absolute atomic E-state index is 0.158. The normalized spacial score (nSPS) is 15.9. The largest absolute Gasteiger partial charge is 0.493 e. The first-order valence-electron chi connectivity index (χ1n) is 11.1. The predicted octanol–water partition coefficient (Wildman–Crippen LogP) is 4.77. The van der Waals surface area contributed by atoms with Crippen molar-refractivity contribution >= 4 is 34.0 Å². The number of hydrogen-bond acceptors (Lipinski definition) is 9. The summed E-state index contributed by atoms with van der Waals surface area (Å²) in [5.41, 5.74) is 2.56. The molecular formula is C24H25ClN6O3. The second kappa shape index (κ2) is 9.82. The first-order valence-corrected chi connectivity index (χ1v) is 11.5. The van der Waals surface area contributed by atoms with Crippen molar-refractivity contribution in [3.05, 3.63) is 59.0 Å². The molecule has 0 bridgehead atoms. The summed E-state index contributed by atoms with van der Waals surface area (Å²) in [7, 11) is 1.59. The quantitative estimate of drug-likeness (QED) is 0.386. The van der Waals surface area contributed by atoms with Crippen LogP contribution in [0.1, 0.15) is 36.0 Å². The summed E-state index contributed by atoms with van der Waals surface area (Å²) >= 11 is 6.15. The van der Waals surface area contributed by atoms with Gasteiger partial charge >= 0.3 is 0 Å². The van der Waals surface area contributed by atoms with Gasteiger partial charge in [0.1, 0.15) is 12.1 Å². The van der Waals surface area contributed by atoms with Crippen LogP contribution in [0.3, 0.4) is 0 Å². The molecule has 0 spiro atoms. The Morgan fingerprint density at radius 2 is 2.12 bits per heavy atom. The zero-order valence-electron chi connectivity index (χ0n) is 19.0. The molecule has 10 heteroatoms. The summed E-state index contributed by atoms with van der Waals surface area (Å²) in [6.45, 7) is 4.00. The number of halogens is 1. The van der Waals surface area contributed by atoms with E-state index < -0.39 is 0 Å². The molecule has 2 N–H and O–H groups in total. The van der Waals surface area contributed by atoms with Gasteiger partial charge in [-0.1, -0.05) is 16.8 Å². The highest BCUT2D eigenvalue weighted by molar-refractivity contribution is 6.31. The Morgan fingerprint density at radius 1 is 1.21 bits per heavy atom. The molecule has 1 saturated heterocycles. The van der Waals surface area contributed by atoms with E-state index in [-0.39, 0.29) is 12.5 Å². The van der Waals surface area contributed by atoms with E-state index >= 15 is 0 Å². The van der Waals surface area contributed by atoms with Gasteiger partial charge in [-0.25, -0.2) is 9.97 Å². The SMILES string of the molecule is COc1cc2c(Nc3ccc(Cl)c(C)c3)ncnc2cc1OCc1noc(C2CCCNC2)n1. The van der Waals surface area contributed by atoms with Crippen molar-refractivity contribution in [1.82, 2.24) is 25.4 Å². The summed E-state index contributed by atoms with van der Waals surface area (Å²) < 4.78 is 17.0. The Balaban J connectivity index is 1.36. The fourth-order valence-corrected chi connectivity index (χ4v) is 4.11. The van der Waals surface area contributed by atoms with Crippen LogP contribution in [0.25, 0.3) is 10.9 Å². The predicted molar refractivity (Wildman–Crippen MR) is 129 cm³/mol. The monoisotopic (exact) mass is 480 g/mol. The van der Waals surface area contributed by atoms with Gasteiger partial charge in [0, 0.05) is 28.7 Å². The van der Waals surface area contributed by atoms with Crippen LogP contribution in [0.2, 0.25) is 5.02 Å². The van der Waals surface area contributed by atoms with E-state index in [9.17, 15) is 0 Å². The lowest BCUT2D eigenvalue weighted by Crippen LogP contribution is -2.28. The van der Waals surface area contributed by atoms with Crippen molar-refractivity contribution in [2.45, 2.75) is 32.3 Å². The maximum absolute atomic E-state index is 6.15. The van der Waals surface area contributed by atoms with Crippen molar-refractivity contribution in [1.29, 1.82) is 0 Å². The van der Waals surface area contributed by atoms with Crippen LogP contribution in [0.15, 0.2) is 41.2 Å². The molecule has 1 atom stereocenters. The van der Waals surface area contributed by atoms with Crippen LogP contribution in [0, 0.1) is 6.92 Å². The third-order valence-corrected chi connectivity index (χ3v) is 6.25. The van der Waals surface area contributed by atoms with Gasteiger partial charge in [0.05, 0.1) is 18.5 Å². The zero-order chi connectivity index (χ0) is 23.5. The van der Waals surface area contributed by atoms with E-state index in [1.165, 1.54) is 6.33 Å². The molecule has 1 unspecified atom stereocenters. The van der Waals surface area contributed by atoms with Crippen molar-refractivity contribution in [2.24, 2.45) is 0 Å². The van der Waals surface area contributed by atoms with E-state index in [1.54, 1.807) is 7.11 Å². The number of ether oxygens (including phenoxy) is 2. The van der Waals surface area contributed by atoms with Gasteiger partial charge in [-0.3, -0.25) is 0 Å². The standard InChI is InChI=1S/C24H25ClN6O3/c1-14-8-16(5-6-18(14)25)29-23-17-9-20(32-2)21(10-19(17)27-13-28-23)33-12-22-30-24(34-31-22)15-4-3-7-26-11-15/h5-6,8-10,13,15,26H,3-4,7,11-12H2,1-2H3,(H,27,28,29). The lowest BCUT2D eigenvalue weighted by Gasteiger charge is -2.18. The van der Waals surface area contributed by atoms with Gasteiger partial charge in [-0.15, -0.1) is 0 Å². The second-order valence-electron chi connectivity index (χ2n) is 8.21. The fraction of sp³-hybridized carbons (Fsp3) is 0.333. The van der Waals surface area contributed by atoms with Gasteiger partial charge in [0.15, 0.2) is 18.1 Å². The molecule has 3 heterocycles. The van der Waals surface area contributed by atoms with Crippen LogP contribution < -0.4 is 20.1 Å². The van der Waals surface area contributed by atoms with Crippen LogP contribution >= 0.6 is 11.6 Å². The summed E-state index contributed by atoms with van der Waals surface area (Å²) in [6, 6.07) is 9.39. The highest BCUT2D eigenvalue weighted by atomic mass is 35.5. The van der Waals surface area contributed by atoms with Crippen LogP contribution in [0.4, 0.5) is 11.5 Å². The number of rotatable bonds is 7. The molecule has 176 valence electrons. The topological polar surface area (TPSA) is 107 Å². The van der Waals surface area contributed by atoms with Gasteiger partial charge in [0.25, 0.3) is 0 Å². The summed E-state index contributed by atoms with van der Waals surface area (Å²) in [5, 5.41) is 12.3. The molecule has 1 aliphatic heterocycles. The number of fused-ring (bicyclic) bond motifs is 1. The Kier molecular flexibility index (Phi) is 6.46. The van der Waals surface area contributed by atoms with Gasteiger partial charge in [-0.2, -0.15) is 4.98 Å². The maximum atomic E-state index is 6.15. The molecule has 2 aromatic heterocycles. The third kappa shape index (κ3) is 4.76. The van der Waals surface area contributed by atoms with E-state index in [4.69, 9.17) is 25.6 Å². The number of anilines is 2. The average Bonchev–Trinajstić information content (AvgIpc) is 3.34. The highest BCUT2D eigenvalue weighted by Crippen LogP contribution is 2.35. The Hall–Kier alpha value is -3.43. The number of benzene rings is 2. The Morgan fingerprint density at radius 3 is 2.91 bits per heavy atom. The van der Waals surface area contributed by atoms with Crippen molar-refractivity contribution < 1.29 is 14.0 Å². The van der Waals surface area contributed by atoms with E-state index in [1.807, 2.05) is 37.3 Å². The van der Waals surface area contributed by atoms with Crippen molar-refractivity contribution in [3.8, 4) is 11.5 Å². The molecule has 0 radical (unpaired) electrons. The van der Waals surface area contributed by atoms with Gasteiger partial charge < -0.3 is 24.6 Å². The first kappa shape index (κ1) is 22.4. The van der Waals surface area contributed by atoms with Crippen LogP contribution in [0.5, 0.6) is 11.5 Å². The summed E-state index contributed by atoms with van der Waals surface area (Å²) in [5.74, 6) is 3.13. The van der Waals surface area contributed by atoms with Crippen molar-refractivity contribution in [2.75, 3.05) is 25.5 Å². The molecule has 0 aliphatic carbocycles. The van der Waals surface area contributed by atoms with Crippen LogP contribution in [-0.4, -0.2) is 40.3 Å². The number of nitrogens with zero attached hydrogens (tertiary/aromatic N) is 4. The smallest absolute Gasteiger partial charge is 0.231 e. The number of methoxy groups -OCH3 is 1. The van der Waals surface area contributed by atoms with Gasteiger partial charge in [0.2, 0.25) is 11.7 Å². The average molecular weight is 481 g/mol. The molecule has 0 amide bonds. The Labute approximate surface area is 201 Å². The molecule has 5 rings (SSSR count). The number of hydrogen-bond donors (Lipinski definition) is 2. The van der Waals surface area contributed by atoms with E-state index in [2.05, 4.69) is 30.7 Å². The molecule has 34 heavy (non-hydrogen) atoms. The lowest BCUT2D eigenvalue weighted by atomic mass is 10.00. The number of nitrogens with one attached hydrogen (secondary N) is 2. The zero-order valence-corrected chi connectivity index (χ0v) is 19.7. The molecule has 0 saturated carbocycles. The minimum atomic E-state index is 0.158. The van der Waals surface area contributed by atoms with Gasteiger partial charge in [-0.05, 0) is 56.1 Å². The summed E-state index contributed by atoms with van der Waals surface area (Å²) in [4.78, 5) is 13.3. The summed E-state index contributed by atoms with van der Waals surface area (Å²) in [6.07, 6.45) is 3.65. The van der Waals surface area contributed by atoms with E-state index in [0.29, 0.717) is 39.6 Å². The molecule has 2 aromatic carbocycles. The number of aryl methyl sites for hydroxylation is 1. The first-order chi connectivity index (χ1) is 16.6. The molecule has 4 aromatic rings. The molecule has 1 fully saturated rings. The van der Waals surface area contributed by atoms with Crippen LogP contribution in [-0.2, 0) is 6.61 Å². The number of piperidine rings is 1. The van der Waals surface area contributed by atoms with Crippen molar-refractivity contribution in [3.63, 3.8) is 0 Å². The molecule has 9 nitrogen and oxygen atoms in total. The fourth-order valence-electron chi connectivity index (χ4n) is 3.99. The van der Waals surface area contributed by atoms with E-state index in [0.717, 1.165) is 42.6 Å². The molecular weight excluding hydrogens is 456 g/mol. The number of aromatic nitrogens is 4. The third-order valence-electron chi connectivity index (χ3n) is 5.83. The minimum Gasteiger partial charge on any atom is -0.493 e. The Bertz CT molecular complexity index is 1310.